The van der Waals surface area contributed by atoms with E-state index in [1.165, 1.54) is 4.88 Å². The zero-order valence-electron chi connectivity index (χ0n) is 12.2. The van der Waals surface area contributed by atoms with Crippen molar-refractivity contribution in [1.82, 2.24) is 15.6 Å². The average molecular weight is 471 g/mol. The van der Waals surface area contributed by atoms with Gasteiger partial charge in [0.05, 0.1) is 11.6 Å². The van der Waals surface area contributed by atoms with Gasteiger partial charge in [-0.05, 0) is 24.6 Å². The molecule has 0 fully saturated rings. The summed E-state index contributed by atoms with van der Waals surface area (Å²) >= 11 is 13.7. The molecule has 2 aromatic rings. The molecule has 1 aromatic carbocycles. The number of rotatable bonds is 4. The molecule has 1 heterocycles. The van der Waals surface area contributed by atoms with E-state index in [2.05, 4.69) is 20.6 Å². The topological polar surface area (TPSA) is 49.3 Å². The van der Waals surface area contributed by atoms with Gasteiger partial charge in [-0.15, -0.1) is 35.3 Å². The fourth-order valence-electron chi connectivity index (χ4n) is 1.72. The fourth-order valence-corrected chi connectivity index (χ4v) is 2.93. The maximum Gasteiger partial charge on any atom is 0.191 e. The Bertz CT molecular complexity index is 646. The van der Waals surface area contributed by atoms with E-state index in [-0.39, 0.29) is 24.0 Å². The van der Waals surface area contributed by atoms with Gasteiger partial charge in [-0.1, -0.05) is 29.3 Å². The van der Waals surface area contributed by atoms with Crippen molar-refractivity contribution >= 4 is 64.5 Å². The minimum Gasteiger partial charge on any atom is -0.352 e. The molecule has 0 aliphatic carbocycles. The van der Waals surface area contributed by atoms with Crippen LogP contribution in [0.1, 0.15) is 15.4 Å². The van der Waals surface area contributed by atoms with E-state index in [0.29, 0.717) is 29.1 Å². The van der Waals surface area contributed by atoms with Crippen molar-refractivity contribution in [3.63, 3.8) is 0 Å². The highest BCUT2D eigenvalue weighted by Crippen LogP contribution is 2.20. The molecular formula is C14H17Cl2IN4S. The van der Waals surface area contributed by atoms with Crippen molar-refractivity contribution < 1.29 is 0 Å². The summed E-state index contributed by atoms with van der Waals surface area (Å²) in [5.41, 5.74) is 0.970. The van der Waals surface area contributed by atoms with Crippen LogP contribution in [0.4, 0.5) is 0 Å². The minimum absolute atomic E-state index is 0. The first-order valence-electron chi connectivity index (χ1n) is 6.38. The van der Waals surface area contributed by atoms with Gasteiger partial charge in [-0.3, -0.25) is 4.99 Å². The molecule has 4 nitrogen and oxygen atoms in total. The van der Waals surface area contributed by atoms with Crippen LogP contribution in [-0.4, -0.2) is 18.0 Å². The number of halogens is 3. The molecule has 2 N–H and O–H groups in total. The molecule has 2 rings (SSSR count). The van der Waals surface area contributed by atoms with Crippen LogP contribution < -0.4 is 10.6 Å². The number of aromatic nitrogens is 1. The third kappa shape index (κ3) is 5.91. The molecule has 0 amide bonds. The predicted molar refractivity (Wildman–Crippen MR) is 106 cm³/mol. The van der Waals surface area contributed by atoms with Gasteiger partial charge in [0.2, 0.25) is 0 Å². The second-order valence-electron chi connectivity index (χ2n) is 4.36. The van der Waals surface area contributed by atoms with Crippen LogP contribution in [0.2, 0.25) is 10.0 Å². The highest BCUT2D eigenvalue weighted by molar-refractivity contribution is 14.0. The molecule has 1 aromatic heterocycles. The SMILES string of the molecule is CN=C(NCc1cnc(C)s1)NCc1ccc(Cl)cc1Cl.I. The number of benzene rings is 1. The molecule has 0 radical (unpaired) electrons. The van der Waals surface area contributed by atoms with Crippen molar-refractivity contribution in [3.8, 4) is 0 Å². The molecule has 0 saturated carbocycles. The highest BCUT2D eigenvalue weighted by atomic mass is 127. The maximum absolute atomic E-state index is 6.14. The summed E-state index contributed by atoms with van der Waals surface area (Å²) in [5, 5.41) is 8.79. The lowest BCUT2D eigenvalue weighted by atomic mass is 10.2. The van der Waals surface area contributed by atoms with Gasteiger partial charge in [0.25, 0.3) is 0 Å². The van der Waals surface area contributed by atoms with E-state index < -0.39 is 0 Å². The second-order valence-corrected chi connectivity index (χ2v) is 6.52. The van der Waals surface area contributed by atoms with Crippen LogP contribution in [0.3, 0.4) is 0 Å². The molecule has 0 unspecified atom stereocenters. The molecule has 0 aliphatic heterocycles. The van der Waals surface area contributed by atoms with Crippen molar-refractivity contribution in [3.05, 3.63) is 49.9 Å². The quantitative estimate of drug-likeness (QED) is 0.399. The Hall–Kier alpha value is -0.570. The Labute approximate surface area is 161 Å². The van der Waals surface area contributed by atoms with Crippen LogP contribution in [0.25, 0.3) is 0 Å². The number of guanidine groups is 1. The first-order chi connectivity index (χ1) is 10.1. The number of hydrogen-bond acceptors (Lipinski definition) is 3. The summed E-state index contributed by atoms with van der Waals surface area (Å²) < 4.78 is 0. The normalized spacial score (nSPS) is 11.0. The molecule has 22 heavy (non-hydrogen) atoms. The van der Waals surface area contributed by atoms with E-state index in [9.17, 15) is 0 Å². The van der Waals surface area contributed by atoms with Crippen LogP contribution in [0, 0.1) is 6.92 Å². The number of hydrogen-bond donors (Lipinski definition) is 2. The van der Waals surface area contributed by atoms with Crippen LogP contribution >= 0.6 is 58.5 Å². The zero-order chi connectivity index (χ0) is 15.2. The van der Waals surface area contributed by atoms with Gasteiger partial charge in [-0.25, -0.2) is 4.98 Å². The van der Waals surface area contributed by atoms with E-state index in [0.717, 1.165) is 10.6 Å². The molecule has 0 spiro atoms. The van der Waals surface area contributed by atoms with Crippen LogP contribution in [0.5, 0.6) is 0 Å². The number of aliphatic imine (C=N–C) groups is 1. The highest BCUT2D eigenvalue weighted by Gasteiger charge is 2.04. The molecule has 0 bridgehead atoms. The van der Waals surface area contributed by atoms with Gasteiger partial charge in [0.1, 0.15) is 0 Å². The summed E-state index contributed by atoms with van der Waals surface area (Å²) in [7, 11) is 1.73. The summed E-state index contributed by atoms with van der Waals surface area (Å²) in [5.74, 6) is 0.715. The van der Waals surface area contributed by atoms with Gasteiger partial charge < -0.3 is 10.6 Å². The van der Waals surface area contributed by atoms with Crippen molar-refractivity contribution in [2.45, 2.75) is 20.0 Å². The van der Waals surface area contributed by atoms with E-state index in [1.54, 1.807) is 24.5 Å². The monoisotopic (exact) mass is 470 g/mol. The van der Waals surface area contributed by atoms with E-state index in [1.807, 2.05) is 25.3 Å². The Morgan fingerprint density at radius 3 is 2.59 bits per heavy atom. The van der Waals surface area contributed by atoms with E-state index >= 15 is 0 Å². The first-order valence-corrected chi connectivity index (χ1v) is 7.95. The average Bonchev–Trinajstić information content (AvgIpc) is 2.86. The summed E-state index contributed by atoms with van der Waals surface area (Å²) in [6.07, 6.45) is 1.87. The lowest BCUT2D eigenvalue weighted by Crippen LogP contribution is -2.36. The lowest BCUT2D eigenvalue weighted by molar-refractivity contribution is 0.814. The second kappa shape index (κ2) is 9.54. The third-order valence-corrected chi connectivity index (χ3v) is 4.28. The molecule has 120 valence electrons. The van der Waals surface area contributed by atoms with Gasteiger partial charge in [0, 0.05) is 34.7 Å². The standard InChI is InChI=1S/C14H16Cl2N4S.HI/c1-9-18-7-12(21-9)8-20-14(17-2)19-6-10-3-4-11(15)5-13(10)16;/h3-5,7H,6,8H2,1-2H3,(H2,17,19,20);1H. The Morgan fingerprint density at radius 2 is 2.00 bits per heavy atom. The molecular weight excluding hydrogens is 454 g/mol. The summed E-state index contributed by atoms with van der Waals surface area (Å²) in [6, 6.07) is 5.45. The predicted octanol–water partition coefficient (Wildman–Crippen LogP) is 4.24. The maximum atomic E-state index is 6.14. The third-order valence-electron chi connectivity index (χ3n) is 2.78. The number of aryl methyl sites for hydroxylation is 1. The Morgan fingerprint density at radius 1 is 1.27 bits per heavy atom. The number of nitrogens with one attached hydrogen (secondary N) is 2. The smallest absolute Gasteiger partial charge is 0.191 e. The van der Waals surface area contributed by atoms with Gasteiger partial charge in [-0.2, -0.15) is 0 Å². The van der Waals surface area contributed by atoms with Crippen molar-refractivity contribution in [2.75, 3.05) is 7.05 Å². The Balaban J connectivity index is 0.00000242. The fraction of sp³-hybridized carbons (Fsp3) is 0.286. The first kappa shape index (κ1) is 19.5. The molecule has 0 aliphatic rings. The van der Waals surface area contributed by atoms with Gasteiger partial charge in [0.15, 0.2) is 5.96 Å². The van der Waals surface area contributed by atoms with Crippen LogP contribution in [-0.2, 0) is 13.1 Å². The summed E-state index contributed by atoms with van der Waals surface area (Å²) in [4.78, 5) is 9.57. The molecule has 8 heteroatoms. The Kier molecular flexibility index (Phi) is 8.45. The molecule has 0 atom stereocenters. The largest absolute Gasteiger partial charge is 0.352 e. The lowest BCUT2D eigenvalue weighted by Gasteiger charge is -2.12. The number of thiazole rings is 1. The number of nitrogens with zero attached hydrogens (tertiary/aromatic N) is 2. The minimum atomic E-state index is 0. The zero-order valence-corrected chi connectivity index (χ0v) is 16.8. The van der Waals surface area contributed by atoms with E-state index in [4.69, 9.17) is 23.2 Å². The molecule has 0 saturated heterocycles. The van der Waals surface area contributed by atoms with Crippen molar-refractivity contribution in [1.29, 1.82) is 0 Å². The van der Waals surface area contributed by atoms with Gasteiger partial charge >= 0.3 is 0 Å². The van der Waals surface area contributed by atoms with Crippen molar-refractivity contribution in [2.24, 2.45) is 4.99 Å². The van der Waals surface area contributed by atoms with Crippen LogP contribution in [0.15, 0.2) is 29.4 Å². The summed E-state index contributed by atoms with van der Waals surface area (Å²) in [6.45, 7) is 3.26.